The number of halogens is 1. The molecule has 3 aromatic heterocycles. The van der Waals surface area contributed by atoms with Gasteiger partial charge in [0.25, 0.3) is 0 Å². The molecule has 0 bridgehead atoms. The number of pyridine rings is 1. The minimum absolute atomic E-state index is 0.218. The van der Waals surface area contributed by atoms with Gasteiger partial charge < -0.3 is 21.9 Å². The molecule has 0 spiro atoms. The van der Waals surface area contributed by atoms with E-state index >= 15 is 0 Å². The minimum Gasteiger partial charge on any atom is -0.382 e. The second kappa shape index (κ2) is 8.12. The van der Waals surface area contributed by atoms with Crippen molar-refractivity contribution in [1.82, 2.24) is 24.9 Å². The lowest BCUT2D eigenvalue weighted by molar-refractivity contribution is 1.09. The Kier molecular flexibility index (Phi) is 5.00. The predicted octanol–water partition coefficient (Wildman–Crippen LogP) is 3.41. The monoisotopic (exact) mass is 443 g/mol. The molecule has 2 aromatic carbocycles. The Hall–Kier alpha value is -4.24. The van der Waals surface area contributed by atoms with Gasteiger partial charge in [0.15, 0.2) is 17.3 Å². The Labute approximate surface area is 187 Å². The molecule has 0 aliphatic rings. The molecule has 0 fully saturated rings. The fraction of sp³-hybridized carbons (Fsp3) is 0.0455. The summed E-state index contributed by atoms with van der Waals surface area (Å²) in [6, 6.07) is 15.3. The number of imidazole rings is 1. The Bertz CT molecular complexity index is 1480. The molecule has 3 heterocycles. The van der Waals surface area contributed by atoms with Gasteiger partial charge in [-0.3, -0.25) is 0 Å². The molecule has 0 saturated carbocycles. The average molecular weight is 444 g/mol. The Morgan fingerprint density at radius 3 is 2.84 bits per heavy atom. The quantitative estimate of drug-likeness (QED) is 0.141. The van der Waals surface area contributed by atoms with Gasteiger partial charge in [0, 0.05) is 23.1 Å². The van der Waals surface area contributed by atoms with Crippen molar-refractivity contribution in [3.63, 3.8) is 0 Å². The third-order valence-electron chi connectivity index (χ3n) is 5.14. The first-order valence-corrected chi connectivity index (χ1v) is 10.1. The molecular weight excluding hydrogens is 426 g/mol. The summed E-state index contributed by atoms with van der Waals surface area (Å²) in [4.78, 5) is 20.6. The summed E-state index contributed by atoms with van der Waals surface area (Å²) in [7, 11) is 0. The summed E-state index contributed by atoms with van der Waals surface area (Å²) < 4.78 is 0. The number of fused-ring (bicyclic) bond motifs is 2. The van der Waals surface area contributed by atoms with Crippen LogP contribution in [0.4, 0.5) is 5.82 Å². The first kappa shape index (κ1) is 19.7. The topological polar surface area (TPSA) is 144 Å². The standard InChI is InChI=1S/C22H18ClN9/c23-16-7-3-4-12-8-13(9-26-21-19-22(28-10-27-19)30-11-29-21)17(31-18(12)16)14-5-1-2-6-15(14)20(24)32-25/h1-8,10-11H,9,25H2,(H2,24,32)(H2,26,27,28,29,30). The minimum atomic E-state index is 0.218. The summed E-state index contributed by atoms with van der Waals surface area (Å²) in [5.41, 5.74) is 11.2. The number of nitrogens with one attached hydrogen (secondary N) is 2. The van der Waals surface area contributed by atoms with E-state index in [4.69, 9.17) is 28.2 Å². The van der Waals surface area contributed by atoms with Crippen LogP contribution in [0.3, 0.4) is 0 Å². The van der Waals surface area contributed by atoms with Crippen LogP contribution in [0.2, 0.25) is 5.02 Å². The first-order valence-electron chi connectivity index (χ1n) is 9.75. The molecule has 0 aliphatic heterocycles. The number of hydrazone groups is 1. The molecule has 0 radical (unpaired) electrons. The van der Waals surface area contributed by atoms with Crippen molar-refractivity contribution >= 4 is 45.3 Å². The average Bonchev–Trinajstić information content (AvgIpc) is 3.31. The molecule has 9 nitrogen and oxygen atoms in total. The van der Waals surface area contributed by atoms with Crippen LogP contribution in [0.1, 0.15) is 11.1 Å². The van der Waals surface area contributed by atoms with Gasteiger partial charge in [-0.05, 0) is 17.7 Å². The second-order valence-electron chi connectivity index (χ2n) is 7.04. The fourth-order valence-corrected chi connectivity index (χ4v) is 3.86. The highest BCUT2D eigenvalue weighted by Crippen LogP contribution is 2.31. The van der Waals surface area contributed by atoms with Gasteiger partial charge in [-0.1, -0.05) is 48.0 Å². The van der Waals surface area contributed by atoms with Crippen LogP contribution in [-0.2, 0) is 6.54 Å². The van der Waals surface area contributed by atoms with E-state index in [1.165, 1.54) is 6.33 Å². The van der Waals surface area contributed by atoms with Crippen LogP contribution in [-0.4, -0.2) is 30.8 Å². The third-order valence-corrected chi connectivity index (χ3v) is 5.45. The molecule has 5 rings (SSSR count). The van der Waals surface area contributed by atoms with E-state index in [-0.39, 0.29) is 5.84 Å². The van der Waals surface area contributed by atoms with Crippen LogP contribution in [0.15, 0.2) is 66.3 Å². The summed E-state index contributed by atoms with van der Waals surface area (Å²) in [6.07, 6.45) is 3.05. The predicted molar refractivity (Wildman–Crippen MR) is 126 cm³/mol. The lowest BCUT2D eigenvalue weighted by atomic mass is 9.98. The number of nitrogens with two attached hydrogens (primary N) is 2. The number of hydrogen-bond acceptors (Lipinski definition) is 7. The molecule has 5 aromatic rings. The highest BCUT2D eigenvalue weighted by Gasteiger charge is 2.16. The molecule has 10 heteroatoms. The van der Waals surface area contributed by atoms with E-state index in [2.05, 4.69) is 36.4 Å². The fourth-order valence-electron chi connectivity index (χ4n) is 3.63. The number of rotatable bonds is 5. The van der Waals surface area contributed by atoms with E-state index in [1.807, 2.05) is 42.5 Å². The molecule has 0 saturated heterocycles. The highest BCUT2D eigenvalue weighted by molar-refractivity contribution is 6.35. The van der Waals surface area contributed by atoms with Gasteiger partial charge in [-0.15, -0.1) is 0 Å². The van der Waals surface area contributed by atoms with Gasteiger partial charge >= 0.3 is 0 Å². The molecule has 0 atom stereocenters. The Morgan fingerprint density at radius 2 is 1.97 bits per heavy atom. The van der Waals surface area contributed by atoms with Crippen molar-refractivity contribution < 1.29 is 0 Å². The molecule has 158 valence electrons. The summed E-state index contributed by atoms with van der Waals surface area (Å²) >= 11 is 6.45. The molecular formula is C22H18ClN9. The number of benzene rings is 2. The zero-order valence-corrected chi connectivity index (χ0v) is 17.5. The maximum Gasteiger partial charge on any atom is 0.182 e. The second-order valence-corrected chi connectivity index (χ2v) is 7.45. The molecule has 0 aliphatic carbocycles. The van der Waals surface area contributed by atoms with Crippen molar-refractivity contribution in [3.8, 4) is 11.3 Å². The van der Waals surface area contributed by atoms with Gasteiger partial charge in [0.1, 0.15) is 11.8 Å². The SMILES string of the molecule is N/N=C(\N)c1ccccc1-c1nc2c(Cl)cccc2cc1CNc1ncnc2nc[nH]c12. The van der Waals surface area contributed by atoms with Gasteiger partial charge in [-0.25, -0.2) is 19.9 Å². The van der Waals surface area contributed by atoms with E-state index in [0.717, 1.165) is 27.7 Å². The van der Waals surface area contributed by atoms with Crippen LogP contribution in [0.5, 0.6) is 0 Å². The molecule has 0 amide bonds. The van der Waals surface area contributed by atoms with Crippen molar-refractivity contribution in [2.45, 2.75) is 6.54 Å². The zero-order valence-electron chi connectivity index (χ0n) is 16.7. The summed E-state index contributed by atoms with van der Waals surface area (Å²) in [5, 5.41) is 8.52. The largest absolute Gasteiger partial charge is 0.382 e. The zero-order chi connectivity index (χ0) is 22.1. The third kappa shape index (κ3) is 3.44. The number of amidine groups is 1. The number of H-pyrrole nitrogens is 1. The lowest BCUT2D eigenvalue weighted by Crippen LogP contribution is -2.17. The smallest absolute Gasteiger partial charge is 0.182 e. The lowest BCUT2D eigenvalue weighted by Gasteiger charge is -2.15. The van der Waals surface area contributed by atoms with Gasteiger partial charge in [0.2, 0.25) is 0 Å². The molecule has 32 heavy (non-hydrogen) atoms. The van der Waals surface area contributed by atoms with E-state index in [1.54, 1.807) is 6.33 Å². The first-order chi connectivity index (χ1) is 15.7. The number of aromatic nitrogens is 5. The molecule has 0 unspecified atom stereocenters. The maximum absolute atomic E-state index is 6.45. The number of para-hydroxylation sites is 1. The normalized spacial score (nSPS) is 11.8. The Morgan fingerprint density at radius 1 is 1.09 bits per heavy atom. The number of nitrogens with zero attached hydrogens (tertiary/aromatic N) is 5. The maximum atomic E-state index is 6.45. The van der Waals surface area contributed by atoms with E-state index in [0.29, 0.717) is 34.1 Å². The van der Waals surface area contributed by atoms with Gasteiger partial charge in [0.05, 0.1) is 22.6 Å². The van der Waals surface area contributed by atoms with Crippen LogP contribution in [0, 0.1) is 0 Å². The Balaban J connectivity index is 1.66. The van der Waals surface area contributed by atoms with Crippen molar-refractivity contribution in [2.24, 2.45) is 16.7 Å². The van der Waals surface area contributed by atoms with Crippen LogP contribution < -0.4 is 16.9 Å². The van der Waals surface area contributed by atoms with Crippen molar-refractivity contribution in [2.75, 3.05) is 5.32 Å². The molecule has 6 N–H and O–H groups in total. The highest BCUT2D eigenvalue weighted by atomic mass is 35.5. The van der Waals surface area contributed by atoms with Crippen LogP contribution in [0.25, 0.3) is 33.3 Å². The number of hydrogen-bond donors (Lipinski definition) is 4. The van der Waals surface area contributed by atoms with E-state index in [9.17, 15) is 0 Å². The summed E-state index contributed by atoms with van der Waals surface area (Å²) in [5.74, 6) is 6.32. The number of anilines is 1. The van der Waals surface area contributed by atoms with Crippen molar-refractivity contribution in [1.29, 1.82) is 0 Å². The van der Waals surface area contributed by atoms with Crippen LogP contribution >= 0.6 is 11.6 Å². The van der Waals surface area contributed by atoms with E-state index < -0.39 is 0 Å². The summed E-state index contributed by atoms with van der Waals surface area (Å²) in [6.45, 7) is 0.434. The van der Waals surface area contributed by atoms with Gasteiger partial charge in [-0.2, -0.15) is 5.10 Å². The van der Waals surface area contributed by atoms with Crippen molar-refractivity contribution in [3.05, 3.63) is 77.3 Å². The number of aromatic amines is 1.